The van der Waals surface area contributed by atoms with Crippen LogP contribution in [-0.4, -0.2) is 32.9 Å². The Morgan fingerprint density at radius 1 is 0.678 bits per heavy atom. The van der Waals surface area contributed by atoms with Crippen LogP contribution in [0.1, 0.15) is 44.6 Å². The lowest BCUT2D eigenvalue weighted by atomic mass is 9.36. The number of furan rings is 3. The highest BCUT2D eigenvalue weighted by atomic mass is 16.3. The first-order valence-corrected chi connectivity index (χ1v) is 30.4. The molecule has 0 saturated heterocycles. The molecule has 0 radical (unpaired) electrons. The van der Waals surface area contributed by atoms with Gasteiger partial charge in [-0.2, -0.15) is 0 Å². The summed E-state index contributed by atoms with van der Waals surface area (Å²) in [5.74, 6) is 4.92. The van der Waals surface area contributed by atoms with Gasteiger partial charge >= 0.3 is 0 Å². The Labute approximate surface area is 508 Å². The number of quaternary nitrogens is 1. The van der Waals surface area contributed by atoms with Crippen LogP contribution in [0.5, 0.6) is 0 Å². The van der Waals surface area contributed by atoms with Gasteiger partial charge in [0.1, 0.15) is 45.4 Å². The highest BCUT2D eigenvalue weighted by Crippen LogP contribution is 2.55. The monoisotopic (exact) mass is 1130 g/mol. The molecule has 0 bridgehead atoms. The number of anilines is 3. The maximum atomic E-state index is 6.58. The largest absolute Gasteiger partial charge is 0.456 e. The van der Waals surface area contributed by atoms with Crippen LogP contribution in [0, 0.1) is 0 Å². The Kier molecular flexibility index (Phi) is 12.5. The van der Waals surface area contributed by atoms with Crippen molar-refractivity contribution in [3.63, 3.8) is 0 Å². The molecule has 2 aliphatic carbocycles. The van der Waals surface area contributed by atoms with E-state index in [0.717, 1.165) is 103 Å². The van der Waals surface area contributed by atoms with Gasteiger partial charge in [0.15, 0.2) is 0 Å². The van der Waals surface area contributed by atoms with E-state index in [1.807, 2.05) is 42.5 Å². The molecule has 8 aromatic carbocycles. The highest BCUT2D eigenvalue weighted by Gasteiger charge is 2.42. The minimum absolute atomic E-state index is 0.00364. The minimum atomic E-state index is -0.132. The summed E-state index contributed by atoms with van der Waals surface area (Å²) in [6, 6.07) is 69.5. The number of fused-ring (bicyclic) bond motifs is 11. The standard InChI is InChI=1S/C79H64BN4O3/c1-6-53(76-45-57-22-9-16-31-73(57)85-76)43-63-49-80-66-28-13-15-30-69(66)83(68-29-14-7-20-51(68)2)70(67(80)50-81(63)61-26-19-25-56(44-61)78-47-59-24-11-18-33-75(59)87-78)42-52(3)82(60-37-34-55(35-38-60)77-46-58-23-10-17-32-74(58)86-77)62-39-40-65-72(48-62)84(4,5)71-41-36-54-21-8-12-27-64(54)79(65)71/h6,8-13,15-37,39-50,52,60H,1,7,14,38H2,2-5H3/q+1/b53-43+,70-42+. The van der Waals surface area contributed by atoms with Crippen molar-refractivity contribution >= 4 is 95.4 Å². The molecule has 8 heteroatoms. The molecule has 11 aromatic rings. The number of hydrogen-bond donors (Lipinski definition) is 0. The molecular weight excluding hydrogens is 1060 g/mol. The lowest BCUT2D eigenvalue weighted by Gasteiger charge is -2.44. The number of rotatable bonds is 11. The zero-order valence-corrected chi connectivity index (χ0v) is 49.3. The molecule has 420 valence electrons. The zero-order valence-electron chi connectivity index (χ0n) is 49.3. The summed E-state index contributed by atoms with van der Waals surface area (Å²) in [5.41, 5.74) is 21.1. The summed E-state index contributed by atoms with van der Waals surface area (Å²) >= 11 is 0. The van der Waals surface area contributed by atoms with Crippen molar-refractivity contribution in [2.24, 2.45) is 0 Å². The van der Waals surface area contributed by atoms with Crippen molar-refractivity contribution in [1.82, 2.24) is 4.48 Å². The molecule has 6 heterocycles. The summed E-state index contributed by atoms with van der Waals surface area (Å²) in [7, 11) is 4.68. The molecule has 0 fully saturated rings. The first-order valence-electron chi connectivity index (χ1n) is 30.4. The molecule has 2 atom stereocenters. The number of allylic oxidation sites excluding steroid dienone is 9. The van der Waals surface area contributed by atoms with Crippen LogP contribution >= 0.6 is 0 Å². The third kappa shape index (κ3) is 8.84. The van der Waals surface area contributed by atoms with E-state index in [1.54, 1.807) is 0 Å². The molecule has 3 aromatic heterocycles. The fraction of sp³-hybridized carbons (Fsp3) is 0.114. The molecule has 7 nitrogen and oxygen atoms in total. The zero-order chi connectivity index (χ0) is 58.5. The van der Waals surface area contributed by atoms with E-state index in [9.17, 15) is 0 Å². The number of hydrogen-bond acceptors (Lipinski definition) is 6. The molecule has 3 aliphatic heterocycles. The SMILES string of the molecule is C=C/C(=C\C1=CB2C(=CN1c1cccc(-c3cc4ccccc4o3)c1)/C(=C\C(C)N(c1ccc3c(c1)[N+](C)(C)c1ccc4ccccc4c1-3)C1C=CC(c3cc4ccccc4o3)=CC1)N(C1=CCCC=C1C)c1ccccc12)c1cc2ccccc2o1. The van der Waals surface area contributed by atoms with Crippen LogP contribution in [-0.2, 0) is 0 Å². The average molecular weight is 1130 g/mol. The summed E-state index contributed by atoms with van der Waals surface area (Å²) < 4.78 is 20.3. The smallest absolute Gasteiger partial charge is 0.243 e. The minimum Gasteiger partial charge on any atom is -0.456 e. The predicted octanol–water partition coefficient (Wildman–Crippen LogP) is 19.6. The van der Waals surface area contributed by atoms with Crippen molar-refractivity contribution in [1.29, 1.82) is 0 Å². The van der Waals surface area contributed by atoms with Gasteiger partial charge in [-0.05, 0) is 145 Å². The molecular formula is C79H64BN4O3+. The van der Waals surface area contributed by atoms with E-state index in [1.165, 1.54) is 66.9 Å². The predicted molar refractivity (Wildman–Crippen MR) is 365 cm³/mol. The van der Waals surface area contributed by atoms with Crippen LogP contribution in [0.25, 0.3) is 77.3 Å². The van der Waals surface area contributed by atoms with Gasteiger partial charge in [0.05, 0.1) is 25.7 Å². The molecule has 16 rings (SSSR count). The Hall–Kier alpha value is -10.3. The molecule has 0 N–H and O–H groups in total. The molecule has 0 spiro atoms. The maximum absolute atomic E-state index is 6.58. The van der Waals surface area contributed by atoms with E-state index >= 15 is 0 Å². The van der Waals surface area contributed by atoms with Gasteiger partial charge in [0.2, 0.25) is 6.71 Å². The van der Waals surface area contributed by atoms with E-state index < -0.39 is 0 Å². The van der Waals surface area contributed by atoms with E-state index in [-0.39, 0.29) is 18.8 Å². The van der Waals surface area contributed by atoms with Crippen LogP contribution in [0.3, 0.4) is 0 Å². The Morgan fingerprint density at radius 3 is 2.13 bits per heavy atom. The van der Waals surface area contributed by atoms with Crippen molar-refractivity contribution < 1.29 is 13.3 Å². The second kappa shape index (κ2) is 20.8. The summed E-state index contributed by atoms with van der Waals surface area (Å²) in [4.78, 5) is 7.59. The molecule has 2 unspecified atom stereocenters. The van der Waals surface area contributed by atoms with Crippen molar-refractivity contribution in [3.8, 4) is 22.5 Å². The molecule has 5 aliphatic rings. The van der Waals surface area contributed by atoms with Gasteiger partial charge in [0.25, 0.3) is 0 Å². The third-order valence-electron chi connectivity index (χ3n) is 18.6. The van der Waals surface area contributed by atoms with Gasteiger partial charge < -0.3 is 28.0 Å². The lowest BCUT2D eigenvalue weighted by molar-refractivity contribution is 0.567. The van der Waals surface area contributed by atoms with Crippen LogP contribution < -0.4 is 24.6 Å². The Balaban J connectivity index is 0.887. The number of benzene rings is 8. The van der Waals surface area contributed by atoms with E-state index in [0.29, 0.717) is 4.48 Å². The Morgan fingerprint density at radius 2 is 1.38 bits per heavy atom. The van der Waals surface area contributed by atoms with Gasteiger partial charge in [-0.3, -0.25) is 4.48 Å². The van der Waals surface area contributed by atoms with Gasteiger partial charge in [-0.15, -0.1) is 0 Å². The highest BCUT2D eigenvalue weighted by molar-refractivity contribution is 6.87. The van der Waals surface area contributed by atoms with Gasteiger partial charge in [0, 0.05) is 97.0 Å². The number of nitrogens with zero attached hydrogens (tertiary/aromatic N) is 4. The fourth-order valence-electron chi connectivity index (χ4n) is 14.3. The summed E-state index contributed by atoms with van der Waals surface area (Å²) in [6.45, 7) is 8.93. The van der Waals surface area contributed by atoms with Gasteiger partial charge in [-0.25, -0.2) is 0 Å². The topological polar surface area (TPSA) is 49.1 Å². The number of para-hydroxylation sites is 4. The van der Waals surface area contributed by atoms with Crippen molar-refractivity contribution in [2.75, 3.05) is 28.8 Å². The average Bonchev–Trinajstić information content (AvgIpc) is 1.86. The molecule has 87 heavy (non-hydrogen) atoms. The fourth-order valence-corrected chi connectivity index (χ4v) is 14.3. The third-order valence-corrected chi connectivity index (χ3v) is 18.6. The summed E-state index contributed by atoms with van der Waals surface area (Å²) in [5, 5.41) is 5.76. The van der Waals surface area contributed by atoms with E-state index in [4.69, 9.17) is 13.3 Å². The molecule has 0 saturated carbocycles. The van der Waals surface area contributed by atoms with Crippen LogP contribution in [0.4, 0.5) is 28.4 Å². The van der Waals surface area contributed by atoms with Crippen molar-refractivity contribution in [3.05, 3.63) is 301 Å². The first-order chi connectivity index (χ1) is 42.6. The second-order valence-corrected chi connectivity index (χ2v) is 24.1. The summed E-state index contributed by atoms with van der Waals surface area (Å²) in [6.07, 6.45) is 23.8. The Bertz CT molecular complexity index is 4830. The second-order valence-electron chi connectivity index (χ2n) is 24.1. The van der Waals surface area contributed by atoms with Gasteiger partial charge in [-0.1, -0.05) is 158 Å². The quantitative estimate of drug-likeness (QED) is 0.0731. The van der Waals surface area contributed by atoms with Crippen LogP contribution in [0.2, 0.25) is 0 Å². The first kappa shape index (κ1) is 52.3. The van der Waals surface area contributed by atoms with E-state index in [2.05, 4.69) is 262 Å². The normalized spacial score (nSPS) is 17.8. The maximum Gasteiger partial charge on any atom is 0.243 e. The lowest BCUT2D eigenvalue weighted by Crippen LogP contribution is -2.49. The molecule has 0 amide bonds. The van der Waals surface area contributed by atoms with Crippen molar-refractivity contribution in [2.45, 2.75) is 45.2 Å². The van der Waals surface area contributed by atoms with Crippen LogP contribution in [0.15, 0.2) is 303 Å².